The van der Waals surface area contributed by atoms with E-state index in [0.717, 1.165) is 5.75 Å². The smallest absolute Gasteiger partial charge is 0.0545 e. The second kappa shape index (κ2) is 7.50. The summed E-state index contributed by atoms with van der Waals surface area (Å²) in [4.78, 5) is 0. The van der Waals surface area contributed by atoms with E-state index in [0.29, 0.717) is 5.71 Å². The number of nitrogens with one attached hydrogen (secondary N) is 1. The van der Waals surface area contributed by atoms with Crippen LogP contribution in [0.5, 0.6) is 0 Å². The topological polar surface area (TPSA) is 23.9 Å². The number of hydrogen-bond acceptors (Lipinski definition) is 2. The molecule has 1 nitrogen and oxygen atoms in total. The Balaban J connectivity index is 4.43. The standard InChI is InChI=1S/C14H23NS/c1-6-12(14(3,4)5)8-9-13(15)10-11-16-7-2/h6,8-11,15H,7H2,1-5H3/b9-8-,11-10+,12-6+,15-13?. The van der Waals surface area contributed by atoms with Crippen molar-refractivity contribution in [3.8, 4) is 0 Å². The summed E-state index contributed by atoms with van der Waals surface area (Å²) in [6, 6.07) is 0. The van der Waals surface area contributed by atoms with Crippen LogP contribution in [-0.2, 0) is 0 Å². The van der Waals surface area contributed by atoms with E-state index >= 15 is 0 Å². The molecule has 1 N–H and O–H groups in total. The number of allylic oxidation sites excluding steroid dienone is 5. The second-order valence-electron chi connectivity index (χ2n) is 4.54. The first kappa shape index (κ1) is 15.2. The van der Waals surface area contributed by atoms with Crippen LogP contribution in [0.25, 0.3) is 0 Å². The molecule has 0 fully saturated rings. The molecule has 0 amide bonds. The maximum atomic E-state index is 7.73. The summed E-state index contributed by atoms with van der Waals surface area (Å²) in [6.45, 7) is 10.7. The van der Waals surface area contributed by atoms with Crippen LogP contribution in [-0.4, -0.2) is 11.5 Å². The Bertz CT molecular complexity index is 303. The fourth-order valence-electron chi connectivity index (χ4n) is 1.23. The van der Waals surface area contributed by atoms with Crippen LogP contribution >= 0.6 is 11.8 Å². The zero-order valence-electron chi connectivity index (χ0n) is 11.0. The van der Waals surface area contributed by atoms with Crippen molar-refractivity contribution < 1.29 is 0 Å². The highest BCUT2D eigenvalue weighted by Gasteiger charge is 2.12. The minimum atomic E-state index is 0.146. The third kappa shape index (κ3) is 6.67. The molecule has 0 aromatic carbocycles. The third-order valence-corrected chi connectivity index (χ3v) is 2.79. The Morgan fingerprint density at radius 3 is 2.25 bits per heavy atom. The maximum Gasteiger partial charge on any atom is 0.0545 e. The Morgan fingerprint density at radius 1 is 1.19 bits per heavy atom. The van der Waals surface area contributed by atoms with Crippen molar-refractivity contribution >= 4 is 17.5 Å². The van der Waals surface area contributed by atoms with Gasteiger partial charge in [0, 0.05) is 0 Å². The van der Waals surface area contributed by atoms with Crippen molar-refractivity contribution in [2.75, 3.05) is 5.75 Å². The fourth-order valence-corrected chi connectivity index (χ4v) is 1.67. The van der Waals surface area contributed by atoms with Crippen LogP contribution in [0.3, 0.4) is 0 Å². The van der Waals surface area contributed by atoms with Gasteiger partial charge in [0.2, 0.25) is 0 Å². The summed E-state index contributed by atoms with van der Waals surface area (Å²) < 4.78 is 0. The molecule has 0 radical (unpaired) electrons. The number of hydrogen-bond donors (Lipinski definition) is 1. The van der Waals surface area contributed by atoms with Gasteiger partial charge in [0.25, 0.3) is 0 Å². The molecule has 0 aliphatic heterocycles. The van der Waals surface area contributed by atoms with Crippen molar-refractivity contribution in [2.24, 2.45) is 5.41 Å². The summed E-state index contributed by atoms with van der Waals surface area (Å²) in [5.74, 6) is 1.05. The van der Waals surface area contributed by atoms with Crippen LogP contribution in [0, 0.1) is 10.8 Å². The molecule has 0 aliphatic rings. The van der Waals surface area contributed by atoms with E-state index in [2.05, 4.69) is 33.8 Å². The first-order valence-electron chi connectivity index (χ1n) is 5.63. The molecule has 90 valence electrons. The summed E-state index contributed by atoms with van der Waals surface area (Å²) in [6.07, 6.45) is 7.82. The predicted octanol–water partition coefficient (Wildman–Crippen LogP) is 4.82. The summed E-state index contributed by atoms with van der Waals surface area (Å²) in [5.41, 5.74) is 1.95. The lowest BCUT2D eigenvalue weighted by Gasteiger charge is -2.19. The van der Waals surface area contributed by atoms with Crippen molar-refractivity contribution in [3.05, 3.63) is 35.3 Å². The van der Waals surface area contributed by atoms with Gasteiger partial charge in [-0.25, -0.2) is 0 Å². The molecule has 0 atom stereocenters. The molecule has 0 unspecified atom stereocenters. The quantitative estimate of drug-likeness (QED) is 0.538. The van der Waals surface area contributed by atoms with Gasteiger partial charge in [-0.2, -0.15) is 0 Å². The molecule has 0 rings (SSSR count). The lowest BCUT2D eigenvalue weighted by molar-refractivity contribution is 0.516. The normalized spacial score (nSPS) is 13.9. The van der Waals surface area contributed by atoms with E-state index < -0.39 is 0 Å². The van der Waals surface area contributed by atoms with E-state index in [1.165, 1.54) is 5.57 Å². The molecule has 0 saturated heterocycles. The molecule has 0 aromatic heterocycles. The van der Waals surface area contributed by atoms with E-state index in [9.17, 15) is 0 Å². The van der Waals surface area contributed by atoms with E-state index in [1.54, 1.807) is 11.8 Å². The molecule has 0 spiro atoms. The van der Waals surface area contributed by atoms with Gasteiger partial charge in [-0.15, -0.1) is 11.8 Å². The molecule has 16 heavy (non-hydrogen) atoms. The van der Waals surface area contributed by atoms with Crippen LogP contribution in [0.1, 0.15) is 34.6 Å². The van der Waals surface area contributed by atoms with Gasteiger partial charge in [0.15, 0.2) is 0 Å². The monoisotopic (exact) mass is 237 g/mol. The largest absolute Gasteiger partial charge is 0.301 e. The number of thioether (sulfide) groups is 1. The third-order valence-electron chi connectivity index (χ3n) is 2.13. The van der Waals surface area contributed by atoms with E-state index in [-0.39, 0.29) is 5.41 Å². The minimum absolute atomic E-state index is 0.146. The van der Waals surface area contributed by atoms with E-state index in [1.807, 2.05) is 30.6 Å². The van der Waals surface area contributed by atoms with Crippen LogP contribution in [0.2, 0.25) is 0 Å². The molecule has 0 aliphatic carbocycles. The van der Waals surface area contributed by atoms with Gasteiger partial charge >= 0.3 is 0 Å². The zero-order valence-corrected chi connectivity index (χ0v) is 11.8. The number of rotatable bonds is 5. The van der Waals surface area contributed by atoms with Crippen molar-refractivity contribution in [1.29, 1.82) is 5.41 Å². The second-order valence-corrected chi connectivity index (χ2v) is 5.72. The minimum Gasteiger partial charge on any atom is -0.301 e. The highest BCUT2D eigenvalue weighted by Crippen LogP contribution is 2.25. The van der Waals surface area contributed by atoms with E-state index in [4.69, 9.17) is 5.41 Å². The van der Waals surface area contributed by atoms with Gasteiger partial charge in [-0.3, -0.25) is 0 Å². The van der Waals surface area contributed by atoms with Gasteiger partial charge in [-0.1, -0.05) is 39.8 Å². The van der Waals surface area contributed by atoms with Crippen LogP contribution < -0.4 is 0 Å². The fraction of sp³-hybridized carbons (Fsp3) is 0.500. The zero-order chi connectivity index (χ0) is 12.6. The first-order chi connectivity index (χ1) is 7.41. The SMILES string of the molecule is C/C=C(\C=C/C(=N)/C=C/SCC)C(C)(C)C. The van der Waals surface area contributed by atoms with Crippen LogP contribution in [0.4, 0.5) is 0 Å². The molecule has 0 aromatic rings. The van der Waals surface area contributed by atoms with Crippen molar-refractivity contribution in [3.63, 3.8) is 0 Å². The summed E-state index contributed by atoms with van der Waals surface area (Å²) in [5, 5.41) is 9.70. The van der Waals surface area contributed by atoms with Gasteiger partial charge < -0.3 is 5.41 Å². The molecule has 0 bridgehead atoms. The predicted molar refractivity (Wildman–Crippen MR) is 77.4 cm³/mol. The van der Waals surface area contributed by atoms with Crippen molar-refractivity contribution in [2.45, 2.75) is 34.6 Å². The lowest BCUT2D eigenvalue weighted by atomic mass is 9.86. The van der Waals surface area contributed by atoms with Crippen molar-refractivity contribution in [1.82, 2.24) is 0 Å². The molecule has 0 heterocycles. The summed E-state index contributed by atoms with van der Waals surface area (Å²) >= 11 is 1.71. The molecule has 0 saturated carbocycles. The summed E-state index contributed by atoms with van der Waals surface area (Å²) in [7, 11) is 0. The first-order valence-corrected chi connectivity index (χ1v) is 6.68. The van der Waals surface area contributed by atoms with Gasteiger partial charge in [-0.05, 0) is 41.2 Å². The van der Waals surface area contributed by atoms with Crippen LogP contribution in [0.15, 0.2) is 35.3 Å². The Labute approximate surface area is 104 Å². The maximum absolute atomic E-state index is 7.73. The van der Waals surface area contributed by atoms with Gasteiger partial charge in [0.1, 0.15) is 0 Å². The highest BCUT2D eigenvalue weighted by atomic mass is 32.2. The highest BCUT2D eigenvalue weighted by molar-refractivity contribution is 8.02. The molecular weight excluding hydrogens is 214 g/mol. The Morgan fingerprint density at radius 2 is 1.81 bits per heavy atom. The Hall–Kier alpha value is -0.760. The average Bonchev–Trinajstić information content (AvgIpc) is 2.17. The Kier molecular flexibility index (Phi) is 7.15. The van der Waals surface area contributed by atoms with Gasteiger partial charge in [0.05, 0.1) is 5.71 Å². The average molecular weight is 237 g/mol. The molecule has 2 heteroatoms. The molecular formula is C14H23NS. The lowest BCUT2D eigenvalue weighted by Crippen LogP contribution is -2.07.